The summed E-state index contributed by atoms with van der Waals surface area (Å²) < 4.78 is 79.2. The molecular formula is C44H74O12. The molecule has 0 aromatic heterocycles. The topological polar surface area (TPSA) is 111 Å². The van der Waals surface area contributed by atoms with Crippen LogP contribution < -0.4 is 0 Å². The van der Waals surface area contributed by atoms with Gasteiger partial charge in [-0.3, -0.25) is 0 Å². The van der Waals surface area contributed by atoms with Crippen LogP contribution in [-0.2, 0) is 56.8 Å². The maximum atomic E-state index is 6.98. The summed E-state index contributed by atoms with van der Waals surface area (Å²) in [5.74, 6) is 0. The fourth-order valence-corrected chi connectivity index (χ4v) is 7.62. The first kappa shape index (κ1) is 45.8. The summed E-state index contributed by atoms with van der Waals surface area (Å²) in [7, 11) is 0. The number of hydrogen-bond donors (Lipinski definition) is 0. The van der Waals surface area contributed by atoms with Crippen molar-refractivity contribution in [1.29, 1.82) is 0 Å². The second-order valence-electron chi connectivity index (χ2n) is 15.6. The molecule has 13 unspecified atom stereocenters. The SMILES string of the molecule is CCCCOC1C(C)OC(OC2COCCC2OC2OC3COC(c4ccccc4)OC3C(OCCCC)C2OCCCC)C(OCCCC)C1OCCCC. The Balaban J connectivity index is 1.36. The molecule has 0 aliphatic carbocycles. The number of fused-ring (bicyclic) bond motifs is 1. The second-order valence-corrected chi connectivity index (χ2v) is 15.6. The van der Waals surface area contributed by atoms with E-state index in [2.05, 4.69) is 34.6 Å². The molecule has 0 radical (unpaired) electrons. The van der Waals surface area contributed by atoms with Crippen molar-refractivity contribution in [3.05, 3.63) is 35.9 Å². The highest BCUT2D eigenvalue weighted by Gasteiger charge is 2.54. The van der Waals surface area contributed by atoms with Crippen LogP contribution in [0.2, 0.25) is 0 Å². The van der Waals surface area contributed by atoms with Crippen molar-refractivity contribution in [2.45, 2.75) is 192 Å². The van der Waals surface area contributed by atoms with Gasteiger partial charge in [0.25, 0.3) is 0 Å². The molecule has 56 heavy (non-hydrogen) atoms. The average Bonchev–Trinajstić information content (AvgIpc) is 3.21. The predicted octanol–water partition coefficient (Wildman–Crippen LogP) is 7.69. The van der Waals surface area contributed by atoms with E-state index >= 15 is 0 Å². The highest BCUT2D eigenvalue weighted by Crippen LogP contribution is 2.38. The fraction of sp³-hybridized carbons (Fsp3) is 0.864. The number of rotatable bonds is 25. The average molecular weight is 795 g/mol. The molecule has 5 rings (SSSR count). The largest absolute Gasteiger partial charge is 0.379 e. The van der Waals surface area contributed by atoms with E-state index in [1.807, 2.05) is 37.3 Å². The zero-order valence-corrected chi connectivity index (χ0v) is 35.2. The lowest BCUT2D eigenvalue weighted by Gasteiger charge is -2.50. The quantitative estimate of drug-likeness (QED) is 0.0906. The first-order valence-corrected chi connectivity index (χ1v) is 22.1. The molecule has 0 bridgehead atoms. The van der Waals surface area contributed by atoms with Crippen LogP contribution in [0.25, 0.3) is 0 Å². The van der Waals surface area contributed by atoms with E-state index in [1.165, 1.54) is 0 Å². The molecule has 4 heterocycles. The van der Waals surface area contributed by atoms with Gasteiger partial charge in [-0.1, -0.05) is 97.1 Å². The minimum absolute atomic E-state index is 0.277. The van der Waals surface area contributed by atoms with E-state index in [-0.39, 0.29) is 24.4 Å². The summed E-state index contributed by atoms with van der Waals surface area (Å²) in [6.45, 7) is 17.0. The summed E-state index contributed by atoms with van der Waals surface area (Å²) in [6.07, 6.45) is 4.32. The third-order valence-electron chi connectivity index (χ3n) is 11.0. The Kier molecular flexibility index (Phi) is 20.8. The van der Waals surface area contributed by atoms with Crippen molar-refractivity contribution < 1.29 is 56.8 Å². The van der Waals surface area contributed by atoms with E-state index < -0.39 is 55.5 Å². The van der Waals surface area contributed by atoms with Crippen LogP contribution in [-0.4, -0.2) is 126 Å². The molecule has 12 nitrogen and oxygen atoms in total. The molecule has 0 saturated carbocycles. The van der Waals surface area contributed by atoms with Crippen LogP contribution in [0.4, 0.5) is 0 Å². The van der Waals surface area contributed by atoms with Crippen LogP contribution >= 0.6 is 0 Å². The predicted molar refractivity (Wildman–Crippen MR) is 211 cm³/mol. The van der Waals surface area contributed by atoms with Gasteiger partial charge in [-0.2, -0.15) is 0 Å². The summed E-state index contributed by atoms with van der Waals surface area (Å²) in [6, 6.07) is 10.0. The van der Waals surface area contributed by atoms with Gasteiger partial charge in [-0.05, 0) is 45.4 Å². The lowest BCUT2D eigenvalue weighted by molar-refractivity contribution is -0.385. The van der Waals surface area contributed by atoms with Crippen molar-refractivity contribution in [1.82, 2.24) is 0 Å². The van der Waals surface area contributed by atoms with Crippen molar-refractivity contribution >= 4 is 0 Å². The lowest BCUT2D eigenvalue weighted by atomic mass is 9.96. The second kappa shape index (κ2) is 25.4. The normalized spacial score (nSPS) is 35.0. The first-order chi connectivity index (χ1) is 27.5. The number of benzene rings is 1. The van der Waals surface area contributed by atoms with Crippen molar-refractivity contribution in [3.63, 3.8) is 0 Å². The van der Waals surface area contributed by atoms with Crippen molar-refractivity contribution in [2.24, 2.45) is 0 Å². The van der Waals surface area contributed by atoms with Crippen LogP contribution in [0.3, 0.4) is 0 Å². The first-order valence-electron chi connectivity index (χ1n) is 22.1. The van der Waals surface area contributed by atoms with Gasteiger partial charge in [0, 0.05) is 45.2 Å². The minimum Gasteiger partial charge on any atom is -0.379 e. The van der Waals surface area contributed by atoms with Gasteiger partial charge >= 0.3 is 0 Å². The van der Waals surface area contributed by atoms with Gasteiger partial charge in [0.15, 0.2) is 18.9 Å². The fourth-order valence-electron chi connectivity index (χ4n) is 7.62. The molecule has 4 aliphatic rings. The van der Waals surface area contributed by atoms with Crippen LogP contribution in [0.15, 0.2) is 30.3 Å². The molecule has 4 fully saturated rings. The van der Waals surface area contributed by atoms with Crippen LogP contribution in [0, 0.1) is 0 Å². The molecule has 1 aromatic carbocycles. The van der Waals surface area contributed by atoms with Crippen molar-refractivity contribution in [3.8, 4) is 0 Å². The van der Waals surface area contributed by atoms with E-state index in [1.54, 1.807) is 0 Å². The van der Waals surface area contributed by atoms with Gasteiger partial charge in [0.05, 0.1) is 25.4 Å². The molecule has 0 amide bonds. The van der Waals surface area contributed by atoms with Gasteiger partial charge < -0.3 is 56.8 Å². The summed E-state index contributed by atoms with van der Waals surface area (Å²) in [4.78, 5) is 0. The Morgan fingerprint density at radius 2 is 1.07 bits per heavy atom. The molecule has 12 heteroatoms. The molecule has 13 atom stereocenters. The van der Waals surface area contributed by atoms with E-state index in [0.717, 1.165) is 69.8 Å². The zero-order valence-electron chi connectivity index (χ0n) is 35.2. The van der Waals surface area contributed by atoms with E-state index in [0.29, 0.717) is 59.3 Å². The molecular weight excluding hydrogens is 720 g/mol. The number of ether oxygens (including phenoxy) is 12. The highest BCUT2D eigenvalue weighted by atomic mass is 16.8. The molecule has 0 spiro atoms. The zero-order chi connectivity index (χ0) is 39.5. The van der Waals surface area contributed by atoms with E-state index in [9.17, 15) is 0 Å². The Hall–Kier alpha value is -1.26. The third kappa shape index (κ3) is 13.1. The molecule has 4 aliphatic heterocycles. The number of unbranched alkanes of at least 4 members (excludes halogenated alkanes) is 5. The van der Waals surface area contributed by atoms with E-state index in [4.69, 9.17) is 56.8 Å². The Bertz CT molecular complexity index is 1160. The Morgan fingerprint density at radius 1 is 0.554 bits per heavy atom. The molecule has 322 valence electrons. The highest BCUT2D eigenvalue weighted by molar-refractivity contribution is 5.16. The van der Waals surface area contributed by atoms with Gasteiger partial charge in [0.2, 0.25) is 0 Å². The van der Waals surface area contributed by atoms with Gasteiger partial charge in [-0.25, -0.2) is 0 Å². The molecule has 0 N–H and O–H groups in total. The molecule has 4 saturated heterocycles. The summed E-state index contributed by atoms with van der Waals surface area (Å²) in [5.41, 5.74) is 0.954. The Labute approximate surface area is 337 Å². The minimum atomic E-state index is -0.751. The maximum absolute atomic E-state index is 6.98. The monoisotopic (exact) mass is 795 g/mol. The maximum Gasteiger partial charge on any atom is 0.187 e. The standard InChI is InChI=1S/C44H74O12/c1-7-12-23-46-36-31(6)52-43(40(49-26-15-10-4)38(36)47-24-13-8-2)54-34-29-45-28-22-33(34)53-44-41(50-27-16-11-5)39(48-25-14-9-3)37-35(55-44)30-51-42(56-37)32-20-18-17-19-21-32/h17-21,31,33-44H,7-16,22-30H2,1-6H3. The Morgan fingerprint density at radius 3 is 1.68 bits per heavy atom. The van der Waals surface area contributed by atoms with Crippen molar-refractivity contribution in [2.75, 3.05) is 52.9 Å². The summed E-state index contributed by atoms with van der Waals surface area (Å²) in [5, 5.41) is 0. The van der Waals surface area contributed by atoms with Crippen LogP contribution in [0.1, 0.15) is 124 Å². The number of hydrogen-bond acceptors (Lipinski definition) is 12. The third-order valence-corrected chi connectivity index (χ3v) is 11.0. The smallest absolute Gasteiger partial charge is 0.187 e. The molecule has 1 aromatic rings. The van der Waals surface area contributed by atoms with Crippen LogP contribution in [0.5, 0.6) is 0 Å². The van der Waals surface area contributed by atoms with Gasteiger partial charge in [0.1, 0.15) is 48.8 Å². The summed E-state index contributed by atoms with van der Waals surface area (Å²) >= 11 is 0. The van der Waals surface area contributed by atoms with Gasteiger partial charge in [-0.15, -0.1) is 0 Å². The lowest BCUT2D eigenvalue weighted by Crippen LogP contribution is -2.65.